The molecule has 2 aromatic rings. The molecule has 5 nitrogen and oxygen atoms in total. The molecular formula is C12H10BrN3O2. The van der Waals surface area contributed by atoms with Gasteiger partial charge < -0.3 is 10.1 Å². The van der Waals surface area contributed by atoms with Crippen LogP contribution in [0.3, 0.4) is 0 Å². The number of nitrogens with zero attached hydrogens (tertiary/aromatic N) is 2. The average molecular weight is 308 g/mol. The Morgan fingerprint density at radius 3 is 2.83 bits per heavy atom. The fourth-order valence-electron chi connectivity index (χ4n) is 1.38. The second-order valence-corrected chi connectivity index (χ2v) is 4.21. The second-order valence-electron chi connectivity index (χ2n) is 3.40. The van der Waals surface area contributed by atoms with Crippen LogP contribution in [0.5, 0.6) is 5.75 Å². The minimum absolute atomic E-state index is 0.265. The first-order valence-electron chi connectivity index (χ1n) is 5.11. The summed E-state index contributed by atoms with van der Waals surface area (Å²) in [7, 11) is 1.50. The van der Waals surface area contributed by atoms with Gasteiger partial charge in [0.2, 0.25) is 0 Å². The van der Waals surface area contributed by atoms with Gasteiger partial charge in [0, 0.05) is 6.20 Å². The molecule has 0 unspecified atom stereocenters. The molecule has 0 saturated heterocycles. The molecule has 0 aliphatic carbocycles. The third-order valence-electron chi connectivity index (χ3n) is 2.23. The zero-order chi connectivity index (χ0) is 13.0. The maximum Gasteiger partial charge on any atom is 0.259 e. The molecule has 6 heteroatoms. The molecule has 0 atom stereocenters. The largest absolute Gasteiger partial charge is 0.494 e. The minimum Gasteiger partial charge on any atom is -0.494 e. The van der Waals surface area contributed by atoms with Crippen molar-refractivity contribution in [2.45, 2.75) is 0 Å². The zero-order valence-electron chi connectivity index (χ0n) is 9.55. The van der Waals surface area contributed by atoms with Gasteiger partial charge in [0.15, 0.2) is 0 Å². The summed E-state index contributed by atoms with van der Waals surface area (Å²) in [6.07, 6.45) is 4.60. The Balaban J connectivity index is 2.19. The van der Waals surface area contributed by atoms with Crippen LogP contribution in [-0.4, -0.2) is 23.0 Å². The van der Waals surface area contributed by atoms with E-state index in [1.807, 2.05) is 0 Å². The Morgan fingerprint density at radius 1 is 1.33 bits per heavy atom. The van der Waals surface area contributed by atoms with Crippen molar-refractivity contribution in [3.63, 3.8) is 0 Å². The molecule has 1 N–H and O–H groups in total. The molecule has 2 rings (SSSR count). The number of amides is 1. The standard InChI is InChI=1S/C12H10BrN3O2/c1-18-10-7-14-5-4-9(10)12(17)16-8-2-3-11(13)15-6-8/h2-7H,1H3,(H,16,17). The van der Waals surface area contributed by atoms with E-state index in [0.717, 1.165) is 0 Å². The number of rotatable bonds is 3. The van der Waals surface area contributed by atoms with Gasteiger partial charge in [-0.05, 0) is 34.1 Å². The van der Waals surface area contributed by atoms with E-state index in [4.69, 9.17) is 4.74 Å². The lowest BCUT2D eigenvalue weighted by molar-refractivity contribution is 0.102. The van der Waals surface area contributed by atoms with Crippen molar-refractivity contribution in [3.05, 3.63) is 47.0 Å². The summed E-state index contributed by atoms with van der Waals surface area (Å²) in [4.78, 5) is 19.9. The van der Waals surface area contributed by atoms with Crippen molar-refractivity contribution in [3.8, 4) is 5.75 Å². The third-order valence-corrected chi connectivity index (χ3v) is 2.70. The zero-order valence-corrected chi connectivity index (χ0v) is 11.1. The van der Waals surface area contributed by atoms with Crippen LogP contribution in [0.1, 0.15) is 10.4 Å². The van der Waals surface area contributed by atoms with Gasteiger partial charge in [0.1, 0.15) is 10.4 Å². The van der Waals surface area contributed by atoms with Crippen LogP contribution in [0.15, 0.2) is 41.4 Å². The highest BCUT2D eigenvalue weighted by Gasteiger charge is 2.12. The molecule has 0 aromatic carbocycles. The number of nitrogens with one attached hydrogen (secondary N) is 1. The van der Waals surface area contributed by atoms with Gasteiger partial charge in [0.25, 0.3) is 5.91 Å². The summed E-state index contributed by atoms with van der Waals surface area (Å²) < 4.78 is 5.79. The molecule has 18 heavy (non-hydrogen) atoms. The van der Waals surface area contributed by atoms with Crippen LogP contribution in [0.4, 0.5) is 5.69 Å². The normalized spacial score (nSPS) is 9.89. The molecule has 2 aromatic heterocycles. The number of hydrogen-bond acceptors (Lipinski definition) is 4. The number of methoxy groups -OCH3 is 1. The Hall–Kier alpha value is -1.95. The van der Waals surface area contributed by atoms with E-state index in [2.05, 4.69) is 31.2 Å². The van der Waals surface area contributed by atoms with Crippen LogP contribution in [0, 0.1) is 0 Å². The summed E-state index contributed by atoms with van der Waals surface area (Å²) in [5.41, 5.74) is 1.04. The first-order chi connectivity index (χ1) is 8.70. The van der Waals surface area contributed by atoms with Crippen molar-refractivity contribution < 1.29 is 9.53 Å². The SMILES string of the molecule is COc1cnccc1C(=O)Nc1ccc(Br)nc1. The number of anilines is 1. The quantitative estimate of drug-likeness (QED) is 0.885. The highest BCUT2D eigenvalue weighted by molar-refractivity contribution is 9.10. The lowest BCUT2D eigenvalue weighted by atomic mass is 10.2. The Morgan fingerprint density at radius 2 is 2.17 bits per heavy atom. The lowest BCUT2D eigenvalue weighted by Gasteiger charge is -2.08. The molecule has 0 saturated carbocycles. The lowest BCUT2D eigenvalue weighted by Crippen LogP contribution is -2.13. The molecular weight excluding hydrogens is 298 g/mol. The van der Waals surface area contributed by atoms with Gasteiger partial charge in [-0.25, -0.2) is 4.98 Å². The second kappa shape index (κ2) is 5.59. The molecule has 0 aliphatic rings. The number of hydrogen-bond donors (Lipinski definition) is 1. The van der Waals surface area contributed by atoms with E-state index in [9.17, 15) is 4.79 Å². The molecule has 1 amide bonds. The van der Waals surface area contributed by atoms with Crippen LogP contribution in [0.2, 0.25) is 0 Å². The number of ether oxygens (including phenoxy) is 1. The summed E-state index contributed by atoms with van der Waals surface area (Å²) >= 11 is 3.23. The smallest absolute Gasteiger partial charge is 0.259 e. The molecule has 0 aliphatic heterocycles. The number of pyridine rings is 2. The van der Waals surface area contributed by atoms with E-state index >= 15 is 0 Å². The van der Waals surface area contributed by atoms with Gasteiger partial charge in [-0.1, -0.05) is 0 Å². The molecule has 0 bridgehead atoms. The monoisotopic (exact) mass is 307 g/mol. The first-order valence-corrected chi connectivity index (χ1v) is 5.91. The van der Waals surface area contributed by atoms with Gasteiger partial charge >= 0.3 is 0 Å². The van der Waals surface area contributed by atoms with Crippen molar-refractivity contribution in [1.82, 2.24) is 9.97 Å². The average Bonchev–Trinajstić information content (AvgIpc) is 2.41. The predicted octanol–water partition coefficient (Wildman–Crippen LogP) is 2.50. The highest BCUT2D eigenvalue weighted by atomic mass is 79.9. The summed E-state index contributed by atoms with van der Waals surface area (Å²) in [5.74, 6) is 0.165. The maximum absolute atomic E-state index is 12.0. The maximum atomic E-state index is 12.0. The number of halogens is 1. The van der Waals surface area contributed by atoms with Crippen molar-refractivity contribution in [2.75, 3.05) is 12.4 Å². The fraction of sp³-hybridized carbons (Fsp3) is 0.0833. The van der Waals surface area contributed by atoms with Crippen LogP contribution >= 0.6 is 15.9 Å². The Labute approximate surface area is 112 Å². The van der Waals surface area contributed by atoms with Crippen LogP contribution in [0.25, 0.3) is 0 Å². The first kappa shape index (κ1) is 12.5. The van der Waals surface area contributed by atoms with E-state index in [1.54, 1.807) is 24.4 Å². The van der Waals surface area contributed by atoms with Gasteiger partial charge in [-0.15, -0.1) is 0 Å². The van der Waals surface area contributed by atoms with Crippen molar-refractivity contribution >= 4 is 27.5 Å². The molecule has 0 fully saturated rings. The van der Waals surface area contributed by atoms with Gasteiger partial charge in [-0.3, -0.25) is 9.78 Å². The molecule has 0 radical (unpaired) electrons. The summed E-state index contributed by atoms with van der Waals surface area (Å²) in [6, 6.07) is 5.10. The molecule has 92 valence electrons. The van der Waals surface area contributed by atoms with Crippen LogP contribution in [-0.2, 0) is 0 Å². The van der Waals surface area contributed by atoms with E-state index < -0.39 is 0 Å². The number of aromatic nitrogens is 2. The van der Waals surface area contributed by atoms with Gasteiger partial charge in [0.05, 0.1) is 30.8 Å². The van der Waals surface area contributed by atoms with E-state index in [-0.39, 0.29) is 5.91 Å². The highest BCUT2D eigenvalue weighted by Crippen LogP contribution is 2.18. The van der Waals surface area contributed by atoms with Gasteiger partial charge in [-0.2, -0.15) is 0 Å². The number of carbonyl (C=O) groups excluding carboxylic acids is 1. The Bertz CT molecular complexity index is 558. The minimum atomic E-state index is -0.265. The summed E-state index contributed by atoms with van der Waals surface area (Å²) in [5, 5.41) is 2.73. The van der Waals surface area contributed by atoms with Crippen molar-refractivity contribution in [2.24, 2.45) is 0 Å². The molecule has 2 heterocycles. The summed E-state index contributed by atoms with van der Waals surface area (Å²) in [6.45, 7) is 0. The topological polar surface area (TPSA) is 64.1 Å². The van der Waals surface area contributed by atoms with Crippen LogP contribution < -0.4 is 10.1 Å². The Kier molecular flexibility index (Phi) is 3.88. The fourth-order valence-corrected chi connectivity index (χ4v) is 1.61. The van der Waals surface area contributed by atoms with Crippen molar-refractivity contribution in [1.29, 1.82) is 0 Å². The third kappa shape index (κ3) is 2.84. The van der Waals surface area contributed by atoms with E-state index in [0.29, 0.717) is 21.6 Å². The molecule has 0 spiro atoms. The van der Waals surface area contributed by atoms with E-state index in [1.165, 1.54) is 19.5 Å². The predicted molar refractivity (Wildman–Crippen MR) is 70.7 cm³/mol. The number of carbonyl (C=O) groups is 1.